The van der Waals surface area contributed by atoms with E-state index < -0.39 is 8.80 Å². The minimum atomic E-state index is -0.942. The SMILES string of the molecule is CCCCCCCCC1=C(C)C([N-]C2([SiH](C)C)CCCCCCCCCCC2)C(CC)=C1CCCCCC.[Cl-].[Cl-].[Ti+3]. The molecule has 2 rings (SSSR count). The van der Waals surface area contributed by atoms with Crippen molar-refractivity contribution < 1.29 is 46.5 Å². The molecule has 5 heteroatoms. The number of rotatable bonds is 16. The average molecular weight is 662 g/mol. The summed E-state index contributed by atoms with van der Waals surface area (Å²) >= 11 is 0. The Morgan fingerprint density at radius 1 is 0.634 bits per heavy atom. The molecule has 0 aromatic carbocycles. The van der Waals surface area contributed by atoms with Crippen molar-refractivity contribution in [1.82, 2.24) is 0 Å². The summed E-state index contributed by atoms with van der Waals surface area (Å²) in [6, 6.07) is 0.402. The van der Waals surface area contributed by atoms with E-state index in [4.69, 9.17) is 5.32 Å². The van der Waals surface area contributed by atoms with Crippen LogP contribution in [0.15, 0.2) is 22.3 Å². The Morgan fingerprint density at radius 2 is 1.05 bits per heavy atom. The second kappa shape index (κ2) is 26.2. The van der Waals surface area contributed by atoms with Gasteiger partial charge in [-0.1, -0.05) is 173 Å². The van der Waals surface area contributed by atoms with Crippen molar-refractivity contribution in [3.05, 3.63) is 27.6 Å². The van der Waals surface area contributed by atoms with Crippen LogP contribution in [0.5, 0.6) is 0 Å². The second-order valence-corrected chi connectivity index (χ2v) is 16.7. The van der Waals surface area contributed by atoms with E-state index in [1.807, 2.05) is 0 Å². The van der Waals surface area contributed by atoms with Crippen LogP contribution in [0.4, 0.5) is 0 Å². The van der Waals surface area contributed by atoms with Gasteiger partial charge in [0.1, 0.15) is 0 Å². The Bertz CT molecular complexity index is 694. The first-order valence-electron chi connectivity index (χ1n) is 17.6. The van der Waals surface area contributed by atoms with Gasteiger partial charge < -0.3 is 30.1 Å². The molecule has 41 heavy (non-hydrogen) atoms. The average Bonchev–Trinajstić information content (AvgIpc) is 3.14. The summed E-state index contributed by atoms with van der Waals surface area (Å²) in [5, 5.41) is 6.39. The zero-order chi connectivity index (χ0) is 27.6. The summed E-state index contributed by atoms with van der Waals surface area (Å²) in [6.45, 7) is 14.9. The van der Waals surface area contributed by atoms with Crippen LogP contribution >= 0.6 is 0 Å². The van der Waals surface area contributed by atoms with Crippen LogP contribution in [0.2, 0.25) is 13.1 Å². The van der Waals surface area contributed by atoms with E-state index in [-0.39, 0.29) is 46.5 Å². The molecule has 1 radical (unpaired) electrons. The first kappa shape index (κ1) is 44.1. The van der Waals surface area contributed by atoms with Crippen molar-refractivity contribution in [3.63, 3.8) is 0 Å². The second-order valence-electron chi connectivity index (χ2n) is 13.3. The van der Waals surface area contributed by atoms with Gasteiger partial charge in [0.15, 0.2) is 0 Å². The van der Waals surface area contributed by atoms with Crippen molar-refractivity contribution >= 4 is 8.80 Å². The maximum atomic E-state index is 6.09. The maximum absolute atomic E-state index is 6.09. The van der Waals surface area contributed by atoms with Crippen molar-refractivity contribution in [2.24, 2.45) is 0 Å². The van der Waals surface area contributed by atoms with E-state index in [1.165, 1.54) is 154 Å². The molecule has 1 atom stereocenters. The monoisotopic (exact) mass is 660 g/mol. The molecule has 0 aromatic heterocycles. The first-order valence-corrected chi connectivity index (χ1v) is 20.5. The Kier molecular flexibility index (Phi) is 28.2. The molecule has 0 saturated heterocycles. The zero-order valence-corrected chi connectivity index (χ0v) is 32.6. The van der Waals surface area contributed by atoms with E-state index in [0.717, 1.165) is 0 Å². The molecule has 0 amide bonds. The molecule has 1 nitrogen and oxygen atoms in total. The Morgan fingerprint density at radius 3 is 1.51 bits per heavy atom. The fourth-order valence-electron chi connectivity index (χ4n) is 7.41. The molecular weight excluding hydrogens is 593 g/mol. The molecule has 1 saturated carbocycles. The molecule has 0 N–H and O–H groups in total. The summed E-state index contributed by atoms with van der Waals surface area (Å²) < 4.78 is 0. The molecule has 2 aliphatic carbocycles. The standard InChI is InChI=1S/C36H68NSi.2ClH.Ti/c1-7-10-12-14-20-24-27-33-31(4)35(32(9-3)34(33)28-23-13-11-8-2)37-36(38(5)6)29-25-21-18-16-15-17-19-22-26-30-36;;;/h35,38H,7-30H2,1-6H3;2*1H;/q-1;;;+3/p-2. The van der Waals surface area contributed by atoms with Crippen molar-refractivity contribution in [3.8, 4) is 0 Å². The van der Waals surface area contributed by atoms with Crippen LogP contribution in [-0.2, 0) is 21.7 Å². The van der Waals surface area contributed by atoms with Crippen LogP contribution < -0.4 is 24.8 Å². The summed E-state index contributed by atoms with van der Waals surface area (Å²) in [7, 11) is -0.942. The topological polar surface area (TPSA) is 14.1 Å². The van der Waals surface area contributed by atoms with Gasteiger partial charge in [-0.15, -0.1) is 5.16 Å². The van der Waals surface area contributed by atoms with Gasteiger partial charge in [0.25, 0.3) is 0 Å². The van der Waals surface area contributed by atoms with Crippen LogP contribution in [0.3, 0.4) is 0 Å². The fourth-order valence-corrected chi connectivity index (χ4v) is 9.42. The van der Waals surface area contributed by atoms with Gasteiger partial charge in [0.2, 0.25) is 0 Å². The van der Waals surface area contributed by atoms with Crippen LogP contribution in [0.1, 0.15) is 182 Å². The number of hydrogen-bond donors (Lipinski definition) is 0. The van der Waals surface area contributed by atoms with Gasteiger partial charge in [-0.3, -0.25) is 0 Å². The van der Waals surface area contributed by atoms with Gasteiger partial charge >= 0.3 is 21.7 Å². The number of unbranched alkanes of at least 4 members (excludes halogenated alkanes) is 8. The normalized spacial score (nSPS) is 20.1. The van der Waals surface area contributed by atoms with Gasteiger partial charge in [-0.25, -0.2) is 0 Å². The zero-order valence-electron chi connectivity index (χ0n) is 28.3. The predicted octanol–water partition coefficient (Wildman–Crippen LogP) is 6.56. The minimum absolute atomic E-state index is 0. The summed E-state index contributed by atoms with van der Waals surface area (Å²) in [4.78, 5) is 0. The van der Waals surface area contributed by atoms with E-state index in [1.54, 1.807) is 22.3 Å². The van der Waals surface area contributed by atoms with Crippen molar-refractivity contribution in [1.29, 1.82) is 0 Å². The Balaban J connectivity index is 0. The first-order chi connectivity index (χ1) is 18.5. The fraction of sp³-hybridized carbons (Fsp3) is 0.889. The van der Waals surface area contributed by atoms with Gasteiger partial charge in [-0.2, -0.15) is 0 Å². The minimum Gasteiger partial charge on any atom is -1.00 e. The summed E-state index contributed by atoms with van der Waals surface area (Å²) in [6.07, 6.45) is 33.4. The van der Waals surface area contributed by atoms with Gasteiger partial charge in [-0.05, 0) is 50.2 Å². The van der Waals surface area contributed by atoms with Gasteiger partial charge in [0.05, 0.1) is 0 Å². The third-order valence-electron chi connectivity index (χ3n) is 10.1. The van der Waals surface area contributed by atoms with Crippen LogP contribution in [0.25, 0.3) is 5.32 Å². The van der Waals surface area contributed by atoms with Crippen molar-refractivity contribution in [2.45, 2.75) is 206 Å². The largest absolute Gasteiger partial charge is 3.00 e. The number of halogens is 2. The third-order valence-corrected chi connectivity index (χ3v) is 13.0. The number of hydrogen-bond acceptors (Lipinski definition) is 0. The van der Waals surface area contributed by atoms with Crippen LogP contribution in [0, 0.1) is 0 Å². The van der Waals surface area contributed by atoms with E-state index in [0.29, 0.717) is 11.2 Å². The van der Waals surface area contributed by atoms with E-state index in [9.17, 15) is 0 Å². The summed E-state index contributed by atoms with van der Waals surface area (Å²) in [5.41, 5.74) is 6.94. The molecule has 0 aliphatic heterocycles. The molecule has 1 fully saturated rings. The quantitative estimate of drug-likeness (QED) is 0.132. The van der Waals surface area contributed by atoms with Gasteiger partial charge in [0, 0.05) is 8.80 Å². The Labute approximate surface area is 287 Å². The molecule has 239 valence electrons. The predicted molar refractivity (Wildman–Crippen MR) is 176 cm³/mol. The van der Waals surface area contributed by atoms with Crippen LogP contribution in [-0.4, -0.2) is 20.0 Å². The number of allylic oxidation sites excluding steroid dienone is 2. The molecule has 0 bridgehead atoms. The molecule has 0 aromatic rings. The molecule has 0 heterocycles. The summed E-state index contributed by atoms with van der Waals surface area (Å²) in [5.74, 6) is 0. The molecule has 0 spiro atoms. The third kappa shape index (κ3) is 15.2. The Hall–Kier alpha value is 0.951. The molecular formula is C36H68Cl2NSiTi. The van der Waals surface area contributed by atoms with E-state index in [2.05, 4.69) is 40.8 Å². The molecule has 2 aliphatic rings. The smallest absolute Gasteiger partial charge is 1.00 e. The molecule has 1 unspecified atom stereocenters. The van der Waals surface area contributed by atoms with E-state index >= 15 is 0 Å². The number of nitrogens with zero attached hydrogens (tertiary/aromatic N) is 1. The van der Waals surface area contributed by atoms with Crippen molar-refractivity contribution in [2.75, 3.05) is 0 Å². The maximum Gasteiger partial charge on any atom is 3.00 e.